The average molecular weight is 136 g/mol. The van der Waals surface area contributed by atoms with Crippen molar-refractivity contribution in [3.63, 3.8) is 0 Å². The molecule has 0 aromatic rings. The predicted molar refractivity (Wildman–Crippen MR) is 36.1 cm³/mol. The molecule has 1 unspecified atom stereocenters. The van der Waals surface area contributed by atoms with Crippen molar-refractivity contribution in [2.45, 2.75) is 11.7 Å². The molecule has 0 aliphatic heterocycles. The number of hydrogen-bond acceptors (Lipinski definition) is 3. The van der Waals surface area contributed by atoms with E-state index in [4.69, 9.17) is 10.2 Å². The summed E-state index contributed by atoms with van der Waals surface area (Å²) in [6.07, 6.45) is 2.62. The van der Waals surface area contributed by atoms with Gasteiger partial charge < -0.3 is 10.2 Å². The molecule has 0 bridgehead atoms. The van der Waals surface area contributed by atoms with E-state index in [2.05, 4.69) is 0 Å². The zero-order chi connectivity index (χ0) is 6.41. The van der Waals surface area contributed by atoms with Gasteiger partial charge in [0.1, 0.15) is 0 Å². The van der Waals surface area contributed by atoms with Crippen LogP contribution in [0.5, 0.6) is 0 Å². The van der Waals surface area contributed by atoms with Gasteiger partial charge in [0.25, 0.3) is 0 Å². The van der Waals surface area contributed by atoms with Crippen molar-refractivity contribution < 1.29 is 10.2 Å². The van der Waals surface area contributed by atoms with Gasteiger partial charge in [0.05, 0.1) is 6.61 Å². The fraction of sp³-hybridized carbons (Fsp3) is 1.00. The lowest BCUT2D eigenvalue weighted by Crippen LogP contribution is -2.09. The minimum atomic E-state index is 0.168. The van der Waals surface area contributed by atoms with Crippen LogP contribution in [0.15, 0.2) is 0 Å². The summed E-state index contributed by atoms with van der Waals surface area (Å²) >= 11 is 1.58. The van der Waals surface area contributed by atoms with E-state index in [1.54, 1.807) is 11.8 Å². The van der Waals surface area contributed by atoms with Crippen LogP contribution < -0.4 is 0 Å². The summed E-state index contributed by atoms with van der Waals surface area (Å²) in [5.41, 5.74) is 0. The van der Waals surface area contributed by atoms with E-state index in [1.807, 2.05) is 6.26 Å². The molecule has 0 saturated carbocycles. The molecule has 0 rings (SSSR count). The quantitative estimate of drug-likeness (QED) is 0.575. The first-order chi connectivity index (χ1) is 3.85. The standard InChI is InChI=1S/C5H12O2S/c1-8-5(4-7)2-3-6/h5-7H,2-4H2,1H3. The molecule has 0 saturated heterocycles. The molecule has 0 aliphatic rings. The van der Waals surface area contributed by atoms with E-state index in [9.17, 15) is 0 Å². The van der Waals surface area contributed by atoms with E-state index in [0.717, 1.165) is 0 Å². The van der Waals surface area contributed by atoms with Gasteiger partial charge in [-0.05, 0) is 12.7 Å². The fourth-order valence-electron chi connectivity index (χ4n) is 0.428. The van der Waals surface area contributed by atoms with Gasteiger partial charge >= 0.3 is 0 Å². The van der Waals surface area contributed by atoms with Crippen molar-refractivity contribution in [2.24, 2.45) is 0 Å². The van der Waals surface area contributed by atoms with E-state index in [-0.39, 0.29) is 18.5 Å². The molecular formula is C5H12O2S. The third-order valence-electron chi connectivity index (χ3n) is 0.988. The monoisotopic (exact) mass is 136 g/mol. The maximum Gasteiger partial charge on any atom is 0.0550 e. The number of hydrogen-bond donors (Lipinski definition) is 2. The number of thioether (sulfide) groups is 1. The van der Waals surface area contributed by atoms with Gasteiger partial charge in [-0.25, -0.2) is 0 Å². The number of aliphatic hydroxyl groups excluding tert-OH is 2. The van der Waals surface area contributed by atoms with Crippen molar-refractivity contribution in [3.8, 4) is 0 Å². The lowest BCUT2D eigenvalue weighted by Gasteiger charge is -2.06. The molecule has 0 heterocycles. The van der Waals surface area contributed by atoms with Crippen molar-refractivity contribution in [2.75, 3.05) is 19.5 Å². The Morgan fingerprint density at radius 1 is 1.50 bits per heavy atom. The molecular weight excluding hydrogens is 124 g/mol. The molecule has 0 aromatic carbocycles. The molecule has 8 heavy (non-hydrogen) atoms. The maximum absolute atomic E-state index is 8.53. The minimum absolute atomic E-state index is 0.168. The summed E-state index contributed by atoms with van der Waals surface area (Å²) in [4.78, 5) is 0. The van der Waals surface area contributed by atoms with Gasteiger partial charge in [0, 0.05) is 11.9 Å². The summed E-state index contributed by atoms with van der Waals surface area (Å²) in [6.45, 7) is 0.341. The van der Waals surface area contributed by atoms with E-state index in [0.29, 0.717) is 6.42 Å². The maximum atomic E-state index is 8.53. The van der Waals surface area contributed by atoms with Gasteiger partial charge in [-0.15, -0.1) is 0 Å². The second-order valence-electron chi connectivity index (χ2n) is 1.55. The Hall–Kier alpha value is 0.270. The summed E-state index contributed by atoms with van der Waals surface area (Å²) in [6, 6.07) is 0. The van der Waals surface area contributed by atoms with Crippen LogP contribution >= 0.6 is 11.8 Å². The fourth-order valence-corrected chi connectivity index (χ4v) is 0.918. The lowest BCUT2D eigenvalue weighted by atomic mass is 10.3. The third kappa shape index (κ3) is 3.29. The molecule has 1 atom stereocenters. The molecule has 50 valence electrons. The van der Waals surface area contributed by atoms with Crippen LogP contribution in [0.3, 0.4) is 0 Å². The third-order valence-corrected chi connectivity index (χ3v) is 2.04. The number of rotatable bonds is 4. The Labute approximate surface area is 53.9 Å². The highest BCUT2D eigenvalue weighted by atomic mass is 32.2. The van der Waals surface area contributed by atoms with Crippen molar-refractivity contribution in [1.82, 2.24) is 0 Å². The summed E-state index contributed by atoms with van der Waals surface area (Å²) in [7, 11) is 0. The van der Waals surface area contributed by atoms with E-state index in [1.165, 1.54) is 0 Å². The average Bonchev–Trinajstić information content (AvgIpc) is 1.83. The molecule has 2 N–H and O–H groups in total. The summed E-state index contributed by atoms with van der Waals surface area (Å²) < 4.78 is 0. The van der Waals surface area contributed by atoms with Crippen LogP contribution in [-0.4, -0.2) is 34.9 Å². The van der Waals surface area contributed by atoms with E-state index >= 15 is 0 Å². The molecule has 2 nitrogen and oxygen atoms in total. The summed E-state index contributed by atoms with van der Waals surface area (Å²) in [5.74, 6) is 0. The number of aliphatic hydroxyl groups is 2. The Bertz CT molecular complexity index is 45.7. The molecule has 0 aromatic heterocycles. The SMILES string of the molecule is CSC(CO)CCO. The van der Waals surface area contributed by atoms with Gasteiger partial charge in [-0.1, -0.05) is 0 Å². The molecule has 0 aliphatic carbocycles. The second-order valence-corrected chi connectivity index (χ2v) is 2.69. The smallest absolute Gasteiger partial charge is 0.0550 e. The van der Waals surface area contributed by atoms with E-state index < -0.39 is 0 Å². The Kier molecular flexibility index (Phi) is 5.59. The highest BCUT2D eigenvalue weighted by molar-refractivity contribution is 7.99. The van der Waals surface area contributed by atoms with Crippen LogP contribution in [0, 0.1) is 0 Å². The molecule has 0 fully saturated rings. The summed E-state index contributed by atoms with van der Waals surface area (Å²) in [5, 5.41) is 17.1. The Balaban J connectivity index is 3.07. The van der Waals surface area contributed by atoms with Crippen LogP contribution in [0.4, 0.5) is 0 Å². The van der Waals surface area contributed by atoms with Crippen LogP contribution in [0.25, 0.3) is 0 Å². The molecule has 3 heteroatoms. The van der Waals surface area contributed by atoms with Crippen molar-refractivity contribution >= 4 is 11.8 Å². The van der Waals surface area contributed by atoms with Crippen LogP contribution in [0.2, 0.25) is 0 Å². The highest BCUT2D eigenvalue weighted by Crippen LogP contribution is 2.08. The van der Waals surface area contributed by atoms with Gasteiger partial charge in [0.15, 0.2) is 0 Å². The van der Waals surface area contributed by atoms with Crippen molar-refractivity contribution in [1.29, 1.82) is 0 Å². The zero-order valence-corrected chi connectivity index (χ0v) is 5.82. The van der Waals surface area contributed by atoms with Crippen molar-refractivity contribution in [3.05, 3.63) is 0 Å². The lowest BCUT2D eigenvalue weighted by molar-refractivity contribution is 0.248. The molecule has 0 spiro atoms. The largest absolute Gasteiger partial charge is 0.396 e. The first-order valence-corrected chi connectivity index (χ1v) is 3.88. The minimum Gasteiger partial charge on any atom is -0.396 e. The molecule has 0 radical (unpaired) electrons. The second kappa shape index (κ2) is 5.41. The van der Waals surface area contributed by atoms with Gasteiger partial charge in [-0.2, -0.15) is 11.8 Å². The first kappa shape index (κ1) is 8.27. The predicted octanol–water partition coefficient (Wildman–Crippen LogP) is 0.0927. The zero-order valence-electron chi connectivity index (χ0n) is 5.00. The Morgan fingerprint density at radius 2 is 2.12 bits per heavy atom. The molecule has 0 amide bonds. The Morgan fingerprint density at radius 3 is 2.25 bits per heavy atom. The van der Waals surface area contributed by atoms with Gasteiger partial charge in [-0.3, -0.25) is 0 Å². The normalized spacial score (nSPS) is 13.9. The van der Waals surface area contributed by atoms with Crippen LogP contribution in [-0.2, 0) is 0 Å². The topological polar surface area (TPSA) is 40.5 Å². The van der Waals surface area contributed by atoms with Crippen LogP contribution in [0.1, 0.15) is 6.42 Å². The highest BCUT2D eigenvalue weighted by Gasteiger charge is 2.01. The first-order valence-electron chi connectivity index (χ1n) is 2.59. The van der Waals surface area contributed by atoms with Gasteiger partial charge in [0.2, 0.25) is 0 Å².